The van der Waals surface area contributed by atoms with Crippen LogP contribution in [0.3, 0.4) is 0 Å². The van der Waals surface area contributed by atoms with Crippen molar-refractivity contribution in [2.24, 2.45) is 0 Å². The average Bonchev–Trinajstić information content (AvgIpc) is 2.27. The number of aliphatic hydroxyl groups excluding tert-OH is 2. The van der Waals surface area contributed by atoms with E-state index in [1.165, 1.54) is 12.1 Å². The topological polar surface area (TPSA) is 74.6 Å². The molecule has 0 fully saturated rings. The molecule has 1 atom stereocenters. The lowest BCUT2D eigenvalue weighted by Gasteiger charge is -2.13. The van der Waals surface area contributed by atoms with Crippen molar-refractivity contribution >= 4 is 9.84 Å². The third-order valence-electron chi connectivity index (χ3n) is 2.17. The van der Waals surface area contributed by atoms with Gasteiger partial charge in [-0.05, 0) is 18.6 Å². The first-order valence-electron chi connectivity index (χ1n) is 4.63. The van der Waals surface area contributed by atoms with Crippen LogP contribution < -0.4 is 0 Å². The van der Waals surface area contributed by atoms with E-state index in [1.54, 1.807) is 18.2 Å². The van der Waals surface area contributed by atoms with Crippen LogP contribution in [0.1, 0.15) is 6.42 Å². The monoisotopic (exact) mass is 230 g/mol. The fraction of sp³-hybridized carbons (Fsp3) is 0.400. The van der Waals surface area contributed by atoms with Crippen LogP contribution in [0.5, 0.6) is 0 Å². The van der Waals surface area contributed by atoms with Gasteiger partial charge in [0.15, 0.2) is 9.84 Å². The summed E-state index contributed by atoms with van der Waals surface area (Å²) in [5, 5.41) is 16.7. The molecule has 0 heterocycles. The zero-order valence-corrected chi connectivity index (χ0v) is 9.02. The molecule has 84 valence electrons. The maximum absolute atomic E-state index is 11.9. The Morgan fingerprint density at radius 1 is 1.13 bits per heavy atom. The van der Waals surface area contributed by atoms with E-state index in [1.807, 2.05) is 0 Å². The summed E-state index contributed by atoms with van der Waals surface area (Å²) >= 11 is 0. The number of hydrogen-bond donors (Lipinski definition) is 2. The molecule has 1 aromatic rings. The fourth-order valence-electron chi connectivity index (χ4n) is 1.29. The Morgan fingerprint density at radius 3 is 2.20 bits per heavy atom. The molecule has 1 unspecified atom stereocenters. The molecule has 0 radical (unpaired) electrons. The normalized spacial score (nSPS) is 13.7. The van der Waals surface area contributed by atoms with Crippen molar-refractivity contribution in [1.29, 1.82) is 0 Å². The Kier molecular flexibility index (Phi) is 4.26. The molecular weight excluding hydrogens is 216 g/mol. The highest BCUT2D eigenvalue weighted by atomic mass is 32.2. The minimum absolute atomic E-state index is 0.0493. The van der Waals surface area contributed by atoms with Crippen LogP contribution in [0, 0.1) is 0 Å². The summed E-state index contributed by atoms with van der Waals surface area (Å²) in [4.78, 5) is 0.178. The Hall–Kier alpha value is -0.910. The Bertz CT molecular complexity index is 385. The summed E-state index contributed by atoms with van der Waals surface area (Å²) in [7, 11) is -3.52. The van der Waals surface area contributed by atoms with Crippen molar-refractivity contribution in [2.45, 2.75) is 16.6 Å². The van der Waals surface area contributed by atoms with Gasteiger partial charge in [-0.15, -0.1) is 0 Å². The van der Waals surface area contributed by atoms with Crippen molar-refractivity contribution in [1.82, 2.24) is 0 Å². The second-order valence-electron chi connectivity index (χ2n) is 3.17. The third-order valence-corrected chi connectivity index (χ3v) is 4.36. The van der Waals surface area contributed by atoms with Gasteiger partial charge < -0.3 is 10.2 Å². The van der Waals surface area contributed by atoms with E-state index in [0.717, 1.165) is 0 Å². The molecule has 5 heteroatoms. The number of benzene rings is 1. The van der Waals surface area contributed by atoms with Crippen LogP contribution in [-0.4, -0.2) is 37.1 Å². The van der Waals surface area contributed by atoms with Gasteiger partial charge in [-0.3, -0.25) is 0 Å². The first-order valence-corrected chi connectivity index (χ1v) is 6.18. The van der Waals surface area contributed by atoms with Crippen molar-refractivity contribution in [2.75, 3.05) is 13.2 Å². The van der Waals surface area contributed by atoms with E-state index in [4.69, 9.17) is 10.2 Å². The molecule has 1 aromatic carbocycles. The Morgan fingerprint density at radius 2 is 1.73 bits per heavy atom. The first-order chi connectivity index (χ1) is 7.12. The zero-order chi connectivity index (χ0) is 11.3. The van der Waals surface area contributed by atoms with Gasteiger partial charge >= 0.3 is 0 Å². The lowest BCUT2D eigenvalue weighted by atomic mass is 10.3. The molecular formula is C10H14O4S. The molecule has 0 amide bonds. The molecule has 0 aliphatic carbocycles. The number of hydrogen-bond acceptors (Lipinski definition) is 4. The van der Waals surface area contributed by atoms with Gasteiger partial charge in [0.2, 0.25) is 0 Å². The molecule has 2 N–H and O–H groups in total. The molecule has 0 spiro atoms. The van der Waals surface area contributed by atoms with E-state index in [-0.39, 0.29) is 17.9 Å². The highest BCUT2D eigenvalue weighted by Gasteiger charge is 2.25. The van der Waals surface area contributed by atoms with Crippen LogP contribution >= 0.6 is 0 Å². The van der Waals surface area contributed by atoms with Gasteiger partial charge in [0.05, 0.1) is 16.8 Å². The van der Waals surface area contributed by atoms with Crippen LogP contribution in [0.25, 0.3) is 0 Å². The van der Waals surface area contributed by atoms with Gasteiger partial charge in [0, 0.05) is 6.61 Å². The van der Waals surface area contributed by atoms with Crippen molar-refractivity contribution in [3.05, 3.63) is 30.3 Å². The van der Waals surface area contributed by atoms with Crippen LogP contribution in [0.15, 0.2) is 35.2 Å². The van der Waals surface area contributed by atoms with E-state index in [2.05, 4.69) is 0 Å². The summed E-state index contributed by atoms with van der Waals surface area (Å²) in [5.41, 5.74) is 0. The number of aliphatic hydroxyl groups is 2. The maximum Gasteiger partial charge on any atom is 0.183 e. The lowest BCUT2D eigenvalue weighted by molar-refractivity contribution is 0.243. The maximum atomic E-state index is 11.9. The highest BCUT2D eigenvalue weighted by molar-refractivity contribution is 7.92. The fourth-order valence-corrected chi connectivity index (χ4v) is 2.82. The molecule has 0 saturated carbocycles. The lowest BCUT2D eigenvalue weighted by Crippen LogP contribution is -2.26. The van der Waals surface area contributed by atoms with Gasteiger partial charge in [-0.1, -0.05) is 18.2 Å². The minimum atomic E-state index is -3.52. The molecule has 0 saturated heterocycles. The summed E-state index contributed by atoms with van der Waals surface area (Å²) in [5.74, 6) is 0. The molecule has 4 nitrogen and oxygen atoms in total. The van der Waals surface area contributed by atoms with Crippen LogP contribution in [-0.2, 0) is 9.84 Å². The quantitative estimate of drug-likeness (QED) is 0.758. The van der Waals surface area contributed by atoms with Crippen molar-refractivity contribution < 1.29 is 18.6 Å². The van der Waals surface area contributed by atoms with E-state index in [9.17, 15) is 8.42 Å². The van der Waals surface area contributed by atoms with Gasteiger partial charge in [-0.2, -0.15) is 0 Å². The van der Waals surface area contributed by atoms with Crippen LogP contribution in [0.2, 0.25) is 0 Å². The van der Waals surface area contributed by atoms with E-state index >= 15 is 0 Å². The molecule has 0 aliphatic heterocycles. The van der Waals surface area contributed by atoms with Gasteiger partial charge in [0.1, 0.15) is 0 Å². The van der Waals surface area contributed by atoms with Crippen molar-refractivity contribution in [3.63, 3.8) is 0 Å². The van der Waals surface area contributed by atoms with Gasteiger partial charge in [-0.25, -0.2) is 8.42 Å². The van der Waals surface area contributed by atoms with E-state index < -0.39 is 21.7 Å². The number of sulfone groups is 1. The summed E-state index contributed by atoms with van der Waals surface area (Å²) in [6, 6.07) is 7.93. The molecule has 1 rings (SSSR count). The third kappa shape index (κ3) is 2.77. The summed E-state index contributed by atoms with van der Waals surface area (Å²) < 4.78 is 23.8. The smallest absolute Gasteiger partial charge is 0.183 e. The van der Waals surface area contributed by atoms with E-state index in [0.29, 0.717) is 0 Å². The molecule has 0 aromatic heterocycles. The van der Waals surface area contributed by atoms with Crippen molar-refractivity contribution in [3.8, 4) is 0 Å². The number of rotatable bonds is 5. The standard InChI is InChI=1S/C10H14O4S/c11-7-6-10(8-12)15(13,14)9-4-2-1-3-5-9/h1-5,10-12H,6-8H2. The SMILES string of the molecule is O=S(=O)(c1ccccc1)C(CO)CCO. The molecule has 0 bridgehead atoms. The minimum Gasteiger partial charge on any atom is -0.396 e. The average molecular weight is 230 g/mol. The first kappa shape index (κ1) is 12.2. The highest BCUT2D eigenvalue weighted by Crippen LogP contribution is 2.17. The molecule has 15 heavy (non-hydrogen) atoms. The second-order valence-corrected chi connectivity index (χ2v) is 5.40. The Balaban J connectivity index is 3.01. The predicted octanol–water partition coefficient (Wildman–Crippen LogP) is 0.204. The summed E-state index contributed by atoms with van der Waals surface area (Å²) in [6.45, 7) is -0.727. The molecule has 0 aliphatic rings. The largest absolute Gasteiger partial charge is 0.396 e. The Labute approximate surface area is 89.1 Å². The van der Waals surface area contributed by atoms with Crippen LogP contribution in [0.4, 0.5) is 0 Å². The zero-order valence-electron chi connectivity index (χ0n) is 8.20. The predicted molar refractivity (Wildman–Crippen MR) is 56.2 cm³/mol. The second kappa shape index (κ2) is 5.25. The summed E-state index contributed by atoms with van der Waals surface area (Å²) in [6.07, 6.45) is 0.0493. The van der Waals surface area contributed by atoms with Gasteiger partial charge in [0.25, 0.3) is 0 Å².